The van der Waals surface area contributed by atoms with Gasteiger partial charge in [0.15, 0.2) is 0 Å². The molecule has 5 N–H and O–H groups in total. The first-order valence-corrected chi connectivity index (χ1v) is 8.62. The standard InChI is InChI=1S/C16H17N3O4S/c17-15(20)12-2-1-3-13(10-12)16(21)19-9-8-11-4-6-14(7-5-11)24(18,22)23/h1-7,10H,8-9H2,(H2,17,20)(H,19,21)(H2,18,22,23). The summed E-state index contributed by atoms with van der Waals surface area (Å²) in [7, 11) is -3.71. The Bertz CT molecular complexity index is 861. The van der Waals surface area contributed by atoms with Gasteiger partial charge < -0.3 is 11.1 Å². The number of benzene rings is 2. The van der Waals surface area contributed by atoms with Crippen molar-refractivity contribution in [1.29, 1.82) is 0 Å². The number of carbonyl (C=O) groups is 2. The molecule has 2 aromatic carbocycles. The van der Waals surface area contributed by atoms with Gasteiger partial charge in [0.05, 0.1) is 4.90 Å². The first-order chi connectivity index (χ1) is 11.3. The Morgan fingerprint density at radius 1 is 1.00 bits per heavy atom. The van der Waals surface area contributed by atoms with Crippen molar-refractivity contribution in [2.24, 2.45) is 10.9 Å². The molecule has 0 radical (unpaired) electrons. The van der Waals surface area contributed by atoms with Crippen LogP contribution in [0.4, 0.5) is 0 Å². The number of sulfonamides is 1. The van der Waals surface area contributed by atoms with Crippen molar-refractivity contribution in [1.82, 2.24) is 5.32 Å². The van der Waals surface area contributed by atoms with E-state index >= 15 is 0 Å². The minimum atomic E-state index is -3.71. The summed E-state index contributed by atoms with van der Waals surface area (Å²) in [4.78, 5) is 23.2. The monoisotopic (exact) mass is 347 g/mol. The zero-order valence-corrected chi connectivity index (χ0v) is 13.5. The first-order valence-electron chi connectivity index (χ1n) is 7.07. The lowest BCUT2D eigenvalue weighted by molar-refractivity contribution is 0.0954. The van der Waals surface area contributed by atoms with Crippen molar-refractivity contribution < 1.29 is 18.0 Å². The Morgan fingerprint density at radius 2 is 1.62 bits per heavy atom. The maximum absolute atomic E-state index is 12.0. The Kier molecular flexibility index (Phi) is 5.32. The van der Waals surface area contributed by atoms with Crippen molar-refractivity contribution >= 4 is 21.8 Å². The zero-order valence-electron chi connectivity index (χ0n) is 12.7. The molecule has 0 unspecified atom stereocenters. The summed E-state index contributed by atoms with van der Waals surface area (Å²) < 4.78 is 22.3. The average molecular weight is 347 g/mol. The molecule has 126 valence electrons. The molecule has 24 heavy (non-hydrogen) atoms. The normalized spacial score (nSPS) is 11.0. The second kappa shape index (κ2) is 7.24. The smallest absolute Gasteiger partial charge is 0.251 e. The second-order valence-electron chi connectivity index (χ2n) is 5.14. The van der Waals surface area contributed by atoms with Crippen LogP contribution in [0.25, 0.3) is 0 Å². The molecule has 8 heteroatoms. The van der Waals surface area contributed by atoms with Gasteiger partial charge in [0, 0.05) is 17.7 Å². The van der Waals surface area contributed by atoms with Crippen LogP contribution >= 0.6 is 0 Å². The van der Waals surface area contributed by atoms with Gasteiger partial charge in [0.2, 0.25) is 15.9 Å². The van der Waals surface area contributed by atoms with E-state index in [4.69, 9.17) is 10.9 Å². The van der Waals surface area contributed by atoms with Crippen LogP contribution in [0, 0.1) is 0 Å². The predicted octanol–water partition coefficient (Wildman–Crippen LogP) is 0.405. The molecular weight excluding hydrogens is 330 g/mol. The lowest BCUT2D eigenvalue weighted by atomic mass is 10.1. The minimum Gasteiger partial charge on any atom is -0.366 e. The summed E-state index contributed by atoms with van der Waals surface area (Å²) in [6, 6.07) is 12.2. The SMILES string of the molecule is NC(=O)c1cccc(C(=O)NCCc2ccc(S(N)(=O)=O)cc2)c1. The summed E-state index contributed by atoms with van der Waals surface area (Å²) in [5.41, 5.74) is 6.64. The maximum atomic E-state index is 12.0. The summed E-state index contributed by atoms with van der Waals surface area (Å²) >= 11 is 0. The summed E-state index contributed by atoms with van der Waals surface area (Å²) in [6.07, 6.45) is 0.520. The molecule has 0 atom stereocenters. The number of primary amides is 1. The summed E-state index contributed by atoms with van der Waals surface area (Å²) in [5, 5.41) is 7.75. The first kappa shape index (κ1) is 17.6. The van der Waals surface area contributed by atoms with Crippen molar-refractivity contribution in [2.45, 2.75) is 11.3 Å². The van der Waals surface area contributed by atoms with Crippen LogP contribution in [0.3, 0.4) is 0 Å². The number of amides is 2. The quantitative estimate of drug-likeness (QED) is 0.698. The molecule has 2 aromatic rings. The molecule has 0 spiro atoms. The molecule has 0 fully saturated rings. The number of hydrogen-bond donors (Lipinski definition) is 3. The number of nitrogens with two attached hydrogens (primary N) is 2. The maximum Gasteiger partial charge on any atom is 0.251 e. The fourth-order valence-electron chi connectivity index (χ4n) is 2.08. The summed E-state index contributed by atoms with van der Waals surface area (Å²) in [6.45, 7) is 0.356. The van der Waals surface area contributed by atoms with Crippen LogP contribution < -0.4 is 16.2 Å². The average Bonchev–Trinajstić information content (AvgIpc) is 2.54. The number of rotatable bonds is 6. The van der Waals surface area contributed by atoms with Gasteiger partial charge in [-0.3, -0.25) is 9.59 Å². The third kappa shape index (κ3) is 4.64. The van der Waals surface area contributed by atoms with E-state index in [-0.39, 0.29) is 16.4 Å². The van der Waals surface area contributed by atoms with Crippen molar-refractivity contribution in [3.05, 3.63) is 65.2 Å². The van der Waals surface area contributed by atoms with Gasteiger partial charge >= 0.3 is 0 Å². The molecule has 2 rings (SSSR count). The van der Waals surface area contributed by atoms with Gasteiger partial charge in [-0.15, -0.1) is 0 Å². The summed E-state index contributed by atoms with van der Waals surface area (Å²) in [5.74, 6) is -0.918. The lowest BCUT2D eigenvalue weighted by Gasteiger charge is -2.07. The number of nitrogens with one attached hydrogen (secondary N) is 1. The van der Waals surface area contributed by atoms with E-state index in [9.17, 15) is 18.0 Å². The van der Waals surface area contributed by atoms with Gasteiger partial charge in [-0.05, 0) is 42.3 Å². The Hall–Kier alpha value is -2.71. The number of primary sulfonamides is 1. The zero-order chi connectivity index (χ0) is 17.7. The Morgan fingerprint density at radius 3 is 2.21 bits per heavy atom. The molecule has 0 heterocycles. The van der Waals surface area contributed by atoms with E-state index in [2.05, 4.69) is 5.32 Å². The van der Waals surface area contributed by atoms with Crippen LogP contribution in [-0.2, 0) is 16.4 Å². The van der Waals surface area contributed by atoms with E-state index in [1.165, 1.54) is 24.3 Å². The molecule has 0 saturated carbocycles. The number of carbonyl (C=O) groups excluding carboxylic acids is 2. The molecule has 0 aliphatic heterocycles. The fourth-order valence-corrected chi connectivity index (χ4v) is 2.60. The van der Waals surface area contributed by atoms with Crippen molar-refractivity contribution in [3.63, 3.8) is 0 Å². The molecule has 0 saturated heterocycles. The van der Waals surface area contributed by atoms with E-state index in [0.29, 0.717) is 18.5 Å². The fraction of sp³-hybridized carbons (Fsp3) is 0.125. The third-order valence-corrected chi connectivity index (χ3v) is 4.29. The van der Waals surface area contributed by atoms with Gasteiger partial charge in [-0.2, -0.15) is 0 Å². The molecular formula is C16H17N3O4S. The van der Waals surface area contributed by atoms with E-state index in [1.54, 1.807) is 24.3 Å². The highest BCUT2D eigenvalue weighted by atomic mass is 32.2. The van der Waals surface area contributed by atoms with E-state index < -0.39 is 15.9 Å². The van der Waals surface area contributed by atoms with Gasteiger partial charge in [0.25, 0.3) is 5.91 Å². The molecule has 2 amide bonds. The number of hydrogen-bond acceptors (Lipinski definition) is 4. The van der Waals surface area contributed by atoms with Crippen LogP contribution in [0.5, 0.6) is 0 Å². The van der Waals surface area contributed by atoms with Crippen LogP contribution in [0.2, 0.25) is 0 Å². The molecule has 7 nitrogen and oxygen atoms in total. The topological polar surface area (TPSA) is 132 Å². The van der Waals surface area contributed by atoms with Crippen LogP contribution in [-0.4, -0.2) is 26.8 Å². The third-order valence-electron chi connectivity index (χ3n) is 3.36. The van der Waals surface area contributed by atoms with E-state index in [0.717, 1.165) is 5.56 Å². The second-order valence-corrected chi connectivity index (χ2v) is 6.70. The Balaban J connectivity index is 1.93. The molecule has 0 aliphatic rings. The van der Waals surface area contributed by atoms with Crippen molar-refractivity contribution in [2.75, 3.05) is 6.54 Å². The minimum absolute atomic E-state index is 0.0403. The van der Waals surface area contributed by atoms with Gasteiger partial charge in [-0.25, -0.2) is 13.6 Å². The molecule has 0 bridgehead atoms. The van der Waals surface area contributed by atoms with Crippen LogP contribution in [0.15, 0.2) is 53.4 Å². The Labute approximate surface area is 139 Å². The van der Waals surface area contributed by atoms with Crippen molar-refractivity contribution in [3.8, 4) is 0 Å². The van der Waals surface area contributed by atoms with Gasteiger partial charge in [-0.1, -0.05) is 18.2 Å². The largest absolute Gasteiger partial charge is 0.366 e. The highest BCUT2D eigenvalue weighted by Gasteiger charge is 2.09. The predicted molar refractivity (Wildman–Crippen MR) is 88.8 cm³/mol. The molecule has 0 aliphatic carbocycles. The van der Waals surface area contributed by atoms with Crippen LogP contribution in [0.1, 0.15) is 26.3 Å². The lowest BCUT2D eigenvalue weighted by Crippen LogP contribution is -2.26. The highest BCUT2D eigenvalue weighted by Crippen LogP contribution is 2.09. The molecule has 0 aromatic heterocycles. The van der Waals surface area contributed by atoms with Gasteiger partial charge in [0.1, 0.15) is 0 Å². The highest BCUT2D eigenvalue weighted by molar-refractivity contribution is 7.89. The van der Waals surface area contributed by atoms with E-state index in [1.807, 2.05) is 0 Å².